The number of esters is 1. The van der Waals surface area contributed by atoms with Crippen molar-refractivity contribution >= 4 is 18.0 Å². The molecule has 152 valence electrons. The first kappa shape index (κ1) is 20.1. The summed E-state index contributed by atoms with van der Waals surface area (Å²) in [6, 6.07) is 4.68. The number of aliphatic hydroxyl groups is 3. The number of hydrogen-bond donors (Lipinski definition) is 4. The zero-order valence-electron chi connectivity index (χ0n) is 15.2. The normalized spacial score (nSPS) is 28.6. The zero-order chi connectivity index (χ0) is 20.4. The smallest absolute Gasteiger partial charge is 0.302 e. The summed E-state index contributed by atoms with van der Waals surface area (Å²) in [5.74, 6) is -0.325. The van der Waals surface area contributed by atoms with Crippen LogP contribution in [-0.2, 0) is 19.1 Å². The molecule has 1 aromatic rings. The Morgan fingerprint density at radius 2 is 1.93 bits per heavy atom. The third-order valence-corrected chi connectivity index (χ3v) is 4.14. The molecule has 28 heavy (non-hydrogen) atoms. The van der Waals surface area contributed by atoms with Gasteiger partial charge in [0, 0.05) is 25.5 Å². The number of fused-ring (bicyclic) bond motifs is 1. The van der Waals surface area contributed by atoms with Crippen LogP contribution in [0.5, 0.6) is 11.5 Å². The number of ether oxygens (including phenoxy) is 4. The second-order valence-electron chi connectivity index (χ2n) is 6.40. The van der Waals surface area contributed by atoms with Crippen LogP contribution in [0.25, 0.3) is 6.08 Å². The molecule has 1 saturated heterocycles. The minimum atomic E-state index is -1.35. The summed E-state index contributed by atoms with van der Waals surface area (Å²) in [6.07, 6.45) is -4.54. The number of amides is 1. The van der Waals surface area contributed by atoms with Gasteiger partial charge in [-0.25, -0.2) is 0 Å². The highest BCUT2D eigenvalue weighted by Gasteiger charge is 2.44. The Kier molecular flexibility index (Phi) is 5.84. The van der Waals surface area contributed by atoms with Gasteiger partial charge in [-0.15, -0.1) is 0 Å². The van der Waals surface area contributed by atoms with Crippen molar-refractivity contribution in [1.82, 2.24) is 5.32 Å². The molecule has 2 heterocycles. The Balaban J connectivity index is 1.69. The Bertz CT molecular complexity index is 793. The topological polar surface area (TPSA) is 144 Å². The van der Waals surface area contributed by atoms with Crippen LogP contribution in [0, 0.1) is 0 Å². The molecule has 1 amide bonds. The molecule has 0 aromatic heterocycles. The van der Waals surface area contributed by atoms with Crippen LogP contribution >= 0.6 is 0 Å². The molecule has 2 aliphatic rings. The highest BCUT2D eigenvalue weighted by molar-refractivity contribution is 5.77. The third-order valence-electron chi connectivity index (χ3n) is 4.14. The summed E-state index contributed by atoms with van der Waals surface area (Å²) in [6.45, 7) is 2.32. The molecule has 3 unspecified atom stereocenters. The average molecular weight is 395 g/mol. The number of carbonyl (C=O) groups is 2. The number of aliphatic hydroxyl groups excluding tert-OH is 3. The predicted molar refractivity (Wildman–Crippen MR) is 92.8 cm³/mol. The molecule has 1 fully saturated rings. The van der Waals surface area contributed by atoms with E-state index in [1.165, 1.54) is 19.9 Å². The average Bonchev–Trinajstić information content (AvgIpc) is 2.88. The molecule has 0 bridgehead atoms. The fraction of sp³-hybridized carbons (Fsp3) is 0.444. The van der Waals surface area contributed by atoms with Crippen molar-refractivity contribution in [3.8, 4) is 11.5 Å². The summed E-state index contributed by atoms with van der Waals surface area (Å²) in [5.41, 5.74) is 0.807. The molecule has 0 spiro atoms. The van der Waals surface area contributed by atoms with Gasteiger partial charge in [-0.1, -0.05) is 0 Å². The highest BCUT2D eigenvalue weighted by atomic mass is 16.7. The summed E-state index contributed by atoms with van der Waals surface area (Å²) in [4.78, 5) is 22.1. The quantitative estimate of drug-likeness (QED) is 0.474. The first-order chi connectivity index (χ1) is 13.2. The van der Waals surface area contributed by atoms with Gasteiger partial charge >= 0.3 is 5.97 Å². The molecule has 10 heteroatoms. The van der Waals surface area contributed by atoms with Crippen molar-refractivity contribution in [3.05, 3.63) is 29.5 Å². The Hall–Kier alpha value is -2.66. The number of nitrogens with one attached hydrogen (secondary N) is 1. The zero-order valence-corrected chi connectivity index (χ0v) is 15.2. The summed E-state index contributed by atoms with van der Waals surface area (Å²) < 4.78 is 21.1. The first-order valence-electron chi connectivity index (χ1n) is 8.54. The first-order valence-corrected chi connectivity index (χ1v) is 8.54. The second kappa shape index (κ2) is 8.15. The van der Waals surface area contributed by atoms with Crippen LogP contribution in [0.2, 0.25) is 0 Å². The summed E-state index contributed by atoms with van der Waals surface area (Å²) >= 11 is 0. The molecule has 2 aliphatic heterocycles. The summed E-state index contributed by atoms with van der Waals surface area (Å²) in [7, 11) is 0. The number of hydrogen-bond acceptors (Lipinski definition) is 9. The lowest BCUT2D eigenvalue weighted by Gasteiger charge is -2.24. The number of rotatable bonds is 5. The van der Waals surface area contributed by atoms with Crippen LogP contribution in [-0.4, -0.2) is 64.7 Å². The SMILES string of the molecule is CC(=O)NC1=Cc2ccc(O[C@@H]3O[C@H](COC(C)=O)C(O)C3O)cc2OC1O. The van der Waals surface area contributed by atoms with Gasteiger partial charge in [0.25, 0.3) is 0 Å². The van der Waals surface area contributed by atoms with Gasteiger partial charge in [0.2, 0.25) is 18.5 Å². The lowest BCUT2D eigenvalue weighted by atomic mass is 10.1. The van der Waals surface area contributed by atoms with E-state index in [1.54, 1.807) is 18.2 Å². The summed E-state index contributed by atoms with van der Waals surface area (Å²) in [5, 5.41) is 32.5. The van der Waals surface area contributed by atoms with Crippen LogP contribution in [0.4, 0.5) is 0 Å². The van der Waals surface area contributed by atoms with Crippen molar-refractivity contribution in [3.63, 3.8) is 0 Å². The van der Waals surface area contributed by atoms with Gasteiger partial charge in [0.1, 0.15) is 36.4 Å². The molecule has 10 nitrogen and oxygen atoms in total. The highest BCUT2D eigenvalue weighted by Crippen LogP contribution is 2.33. The lowest BCUT2D eigenvalue weighted by molar-refractivity contribution is -0.151. The molecule has 0 saturated carbocycles. The van der Waals surface area contributed by atoms with Gasteiger partial charge in [-0.05, 0) is 18.2 Å². The minimum Gasteiger partial charge on any atom is -0.463 e. The maximum Gasteiger partial charge on any atom is 0.302 e. The van der Waals surface area contributed by atoms with E-state index in [0.717, 1.165) is 0 Å². The van der Waals surface area contributed by atoms with E-state index in [2.05, 4.69) is 5.32 Å². The predicted octanol–water partition coefficient (Wildman–Crippen LogP) is -0.737. The lowest BCUT2D eigenvalue weighted by Crippen LogP contribution is -2.36. The maximum absolute atomic E-state index is 11.2. The van der Waals surface area contributed by atoms with Crippen LogP contribution in [0.1, 0.15) is 19.4 Å². The van der Waals surface area contributed by atoms with Crippen LogP contribution in [0.15, 0.2) is 23.9 Å². The maximum atomic E-state index is 11.2. The molecule has 0 radical (unpaired) electrons. The van der Waals surface area contributed by atoms with Crippen molar-refractivity contribution in [2.24, 2.45) is 0 Å². The van der Waals surface area contributed by atoms with E-state index in [4.69, 9.17) is 18.9 Å². The third kappa shape index (κ3) is 4.42. The van der Waals surface area contributed by atoms with Gasteiger partial charge in [-0.3, -0.25) is 9.59 Å². The van der Waals surface area contributed by atoms with E-state index in [-0.39, 0.29) is 24.0 Å². The molecule has 3 rings (SSSR count). The Morgan fingerprint density at radius 3 is 2.61 bits per heavy atom. The van der Waals surface area contributed by atoms with E-state index in [9.17, 15) is 24.9 Å². The fourth-order valence-corrected chi connectivity index (χ4v) is 2.82. The van der Waals surface area contributed by atoms with Crippen molar-refractivity contribution in [1.29, 1.82) is 0 Å². The minimum absolute atomic E-state index is 0.208. The van der Waals surface area contributed by atoms with Gasteiger partial charge in [0.05, 0.1) is 5.70 Å². The van der Waals surface area contributed by atoms with Gasteiger partial charge in [-0.2, -0.15) is 0 Å². The molecular formula is C18H21NO9. The number of benzene rings is 1. The molecule has 1 aromatic carbocycles. The fourth-order valence-electron chi connectivity index (χ4n) is 2.82. The monoisotopic (exact) mass is 395 g/mol. The second-order valence-corrected chi connectivity index (χ2v) is 6.40. The van der Waals surface area contributed by atoms with Crippen LogP contribution < -0.4 is 14.8 Å². The van der Waals surface area contributed by atoms with Gasteiger partial charge in [0.15, 0.2) is 0 Å². The molecule has 4 N–H and O–H groups in total. The van der Waals surface area contributed by atoms with Crippen molar-refractivity contribution in [2.45, 2.75) is 44.7 Å². The molecule has 5 atom stereocenters. The van der Waals surface area contributed by atoms with E-state index < -0.39 is 36.9 Å². The van der Waals surface area contributed by atoms with Crippen molar-refractivity contribution in [2.75, 3.05) is 6.61 Å². The Morgan fingerprint density at radius 1 is 1.18 bits per heavy atom. The van der Waals surface area contributed by atoms with Crippen molar-refractivity contribution < 1.29 is 43.9 Å². The number of carbonyl (C=O) groups excluding carboxylic acids is 2. The molecule has 0 aliphatic carbocycles. The van der Waals surface area contributed by atoms with Gasteiger partial charge < -0.3 is 39.6 Å². The molecular weight excluding hydrogens is 374 g/mol. The largest absolute Gasteiger partial charge is 0.463 e. The van der Waals surface area contributed by atoms with E-state index in [1.807, 2.05) is 0 Å². The Labute approximate surface area is 160 Å². The standard InChI is InChI=1S/C18H21NO9/c1-8(20)19-12-5-10-3-4-11(6-13(10)27-17(12)24)26-18-16(23)15(22)14(28-18)7-25-9(2)21/h3-6,14-18,22-24H,7H2,1-2H3,(H,19,20)/t14-,15?,16?,17?,18-/m1/s1. The van der Waals surface area contributed by atoms with Crippen LogP contribution in [0.3, 0.4) is 0 Å². The van der Waals surface area contributed by atoms with E-state index in [0.29, 0.717) is 11.3 Å². The van der Waals surface area contributed by atoms with E-state index >= 15 is 0 Å².